The molecule has 1 aliphatic heterocycles. The second-order valence-electron chi connectivity index (χ2n) is 7.54. The van der Waals surface area contributed by atoms with Gasteiger partial charge in [0.25, 0.3) is 0 Å². The molecule has 7 nitrogen and oxygen atoms in total. The van der Waals surface area contributed by atoms with E-state index in [1.165, 1.54) is 4.68 Å². The van der Waals surface area contributed by atoms with Crippen molar-refractivity contribution in [2.45, 2.75) is 49.0 Å². The first-order valence-electron chi connectivity index (χ1n) is 10.4. The van der Waals surface area contributed by atoms with Gasteiger partial charge in [-0.2, -0.15) is 9.78 Å². The lowest BCUT2D eigenvalue weighted by Gasteiger charge is -2.27. The fourth-order valence-corrected chi connectivity index (χ4v) is 4.44. The van der Waals surface area contributed by atoms with E-state index in [-0.39, 0.29) is 23.7 Å². The van der Waals surface area contributed by atoms with Crippen LogP contribution < -0.4 is 10.4 Å². The summed E-state index contributed by atoms with van der Waals surface area (Å²) in [6, 6.07) is 15.1. The van der Waals surface area contributed by atoms with E-state index in [4.69, 9.17) is 9.47 Å². The van der Waals surface area contributed by atoms with E-state index in [2.05, 4.69) is 17.0 Å². The average molecular weight is 440 g/mol. The zero-order chi connectivity index (χ0) is 21.8. The number of aromatic amines is 1. The molecule has 0 amide bonds. The van der Waals surface area contributed by atoms with Crippen molar-refractivity contribution in [3.8, 4) is 11.4 Å². The van der Waals surface area contributed by atoms with Crippen LogP contribution in [0.15, 0.2) is 63.1 Å². The molecule has 4 rings (SSSR count). The Morgan fingerprint density at radius 1 is 1.26 bits per heavy atom. The normalized spacial score (nSPS) is 18.6. The molecular weight excluding hydrogens is 414 g/mol. The summed E-state index contributed by atoms with van der Waals surface area (Å²) in [6.45, 7) is 4.42. The van der Waals surface area contributed by atoms with Crippen LogP contribution in [0.1, 0.15) is 32.0 Å². The molecule has 1 fully saturated rings. The molecule has 31 heavy (non-hydrogen) atoms. The van der Waals surface area contributed by atoms with E-state index in [0.29, 0.717) is 36.7 Å². The summed E-state index contributed by atoms with van der Waals surface area (Å²) in [5.41, 5.74) is 0.436. The Kier molecular flexibility index (Phi) is 6.58. The van der Waals surface area contributed by atoms with Crippen LogP contribution in [0.25, 0.3) is 5.69 Å². The highest BCUT2D eigenvalue weighted by molar-refractivity contribution is 7.99. The number of nitrogens with one attached hydrogen (secondary N) is 1. The predicted molar refractivity (Wildman–Crippen MR) is 118 cm³/mol. The summed E-state index contributed by atoms with van der Waals surface area (Å²) < 4.78 is 12.6. The van der Waals surface area contributed by atoms with Crippen molar-refractivity contribution in [3.05, 3.63) is 64.8 Å². The largest absolute Gasteiger partial charge is 0.426 e. The first kappa shape index (κ1) is 21.4. The number of aromatic nitrogens is 3. The van der Waals surface area contributed by atoms with Crippen molar-refractivity contribution in [2.75, 3.05) is 6.61 Å². The lowest BCUT2D eigenvalue weighted by molar-refractivity contribution is -0.144. The van der Waals surface area contributed by atoms with Crippen LogP contribution in [0.4, 0.5) is 0 Å². The van der Waals surface area contributed by atoms with Crippen molar-refractivity contribution in [3.63, 3.8) is 0 Å². The molecule has 8 heteroatoms. The lowest BCUT2D eigenvalue weighted by Crippen LogP contribution is -2.32. The Labute approximate surface area is 184 Å². The van der Waals surface area contributed by atoms with E-state index in [9.17, 15) is 9.59 Å². The van der Waals surface area contributed by atoms with Crippen molar-refractivity contribution in [1.29, 1.82) is 0 Å². The maximum absolute atomic E-state index is 12.6. The number of hydrogen-bond acceptors (Lipinski definition) is 6. The quantitative estimate of drug-likeness (QED) is 0.459. The zero-order valence-electron chi connectivity index (χ0n) is 17.5. The molecule has 2 unspecified atom stereocenters. The second-order valence-corrected chi connectivity index (χ2v) is 8.69. The van der Waals surface area contributed by atoms with E-state index in [1.54, 1.807) is 24.8 Å². The molecule has 2 atom stereocenters. The molecule has 0 aliphatic carbocycles. The van der Waals surface area contributed by atoms with Crippen molar-refractivity contribution < 1.29 is 14.3 Å². The summed E-state index contributed by atoms with van der Waals surface area (Å²) in [4.78, 5) is 29.1. The average Bonchev–Trinajstić information content (AvgIpc) is 3.12. The number of benzene rings is 2. The Morgan fingerprint density at radius 3 is 2.77 bits per heavy atom. The Hall–Kier alpha value is -2.84. The van der Waals surface area contributed by atoms with Gasteiger partial charge in [0.15, 0.2) is 0 Å². The van der Waals surface area contributed by atoms with Crippen molar-refractivity contribution >= 4 is 17.7 Å². The molecule has 162 valence electrons. The third kappa shape index (κ3) is 5.26. The van der Waals surface area contributed by atoms with Crippen LogP contribution in [0, 0.1) is 12.8 Å². The number of carbonyl (C=O) groups excluding carboxylic acids is 1. The van der Waals surface area contributed by atoms with Crippen LogP contribution >= 0.6 is 11.8 Å². The van der Waals surface area contributed by atoms with Gasteiger partial charge < -0.3 is 9.47 Å². The molecule has 1 saturated heterocycles. The lowest BCUT2D eigenvalue weighted by atomic mass is 9.94. The minimum absolute atomic E-state index is 0.114. The van der Waals surface area contributed by atoms with E-state index in [0.717, 1.165) is 16.2 Å². The van der Waals surface area contributed by atoms with Gasteiger partial charge in [-0.05, 0) is 68.7 Å². The molecule has 0 spiro atoms. The number of H-pyrrole nitrogens is 1. The highest BCUT2D eigenvalue weighted by Gasteiger charge is 2.28. The third-order valence-electron chi connectivity index (χ3n) is 5.23. The summed E-state index contributed by atoms with van der Waals surface area (Å²) in [6.07, 6.45) is 2.46. The second kappa shape index (κ2) is 9.53. The Bertz CT molecular complexity index is 1110. The number of nitrogens with zero attached hydrogens (tertiary/aromatic N) is 2. The van der Waals surface area contributed by atoms with Gasteiger partial charge in [-0.25, -0.2) is 4.79 Å². The smallest absolute Gasteiger partial charge is 0.348 e. The number of hydrogen-bond donors (Lipinski definition) is 1. The molecule has 0 saturated carbocycles. The molecule has 0 radical (unpaired) electrons. The number of rotatable bonds is 6. The van der Waals surface area contributed by atoms with Gasteiger partial charge in [0, 0.05) is 16.4 Å². The predicted octanol–water partition coefficient (Wildman–Crippen LogP) is 4.13. The van der Waals surface area contributed by atoms with Gasteiger partial charge >= 0.3 is 11.7 Å². The molecular formula is C23H25N3O4S. The maximum Gasteiger partial charge on any atom is 0.348 e. The van der Waals surface area contributed by atoms with Crippen LogP contribution in [0.5, 0.6) is 5.75 Å². The van der Waals surface area contributed by atoms with Gasteiger partial charge in [-0.15, -0.1) is 0 Å². The van der Waals surface area contributed by atoms with Crippen LogP contribution in [0.2, 0.25) is 0 Å². The summed E-state index contributed by atoms with van der Waals surface area (Å²) in [7, 11) is 0. The SMILES string of the molecule is CCC1CC(C(=O)Oc2cccc(Sc3ccc(-n4nc(C)[nH]c4=O)cc3)c2)CCO1. The summed E-state index contributed by atoms with van der Waals surface area (Å²) in [5, 5.41) is 4.17. The standard InChI is InChI=1S/C23H25N3O4S/c1-3-18-13-16(11-12-29-18)22(27)30-19-5-4-6-21(14-19)31-20-9-7-17(8-10-20)26-23(28)24-15(2)25-26/h4-10,14,16,18H,3,11-13H2,1-2H3,(H,24,25,28). The molecule has 0 bridgehead atoms. The van der Waals surface area contributed by atoms with Crippen LogP contribution in [0.3, 0.4) is 0 Å². The minimum Gasteiger partial charge on any atom is -0.426 e. The van der Waals surface area contributed by atoms with Gasteiger partial charge in [-0.1, -0.05) is 24.8 Å². The maximum atomic E-state index is 12.6. The van der Waals surface area contributed by atoms with Crippen molar-refractivity contribution in [1.82, 2.24) is 14.8 Å². The first-order chi connectivity index (χ1) is 15.0. The molecule has 1 aliphatic rings. The zero-order valence-corrected chi connectivity index (χ0v) is 18.4. The number of aryl methyl sites for hydroxylation is 1. The highest BCUT2D eigenvalue weighted by atomic mass is 32.2. The first-order valence-corrected chi connectivity index (χ1v) is 11.2. The van der Waals surface area contributed by atoms with Crippen LogP contribution in [-0.2, 0) is 9.53 Å². The number of esters is 1. The highest BCUT2D eigenvalue weighted by Crippen LogP contribution is 2.31. The summed E-state index contributed by atoms with van der Waals surface area (Å²) in [5.74, 6) is 0.815. The fourth-order valence-electron chi connectivity index (χ4n) is 3.57. The van der Waals surface area contributed by atoms with Gasteiger partial charge in [0.05, 0.1) is 17.7 Å². The van der Waals surface area contributed by atoms with Gasteiger partial charge in [-0.3, -0.25) is 9.78 Å². The van der Waals surface area contributed by atoms with Crippen molar-refractivity contribution in [2.24, 2.45) is 5.92 Å². The molecule has 1 N–H and O–H groups in total. The van der Waals surface area contributed by atoms with Gasteiger partial charge in [0.1, 0.15) is 11.6 Å². The van der Waals surface area contributed by atoms with E-state index in [1.807, 2.05) is 42.5 Å². The minimum atomic E-state index is -0.262. The molecule has 3 aromatic rings. The Balaban J connectivity index is 1.41. The topological polar surface area (TPSA) is 86.2 Å². The van der Waals surface area contributed by atoms with Gasteiger partial charge in [0.2, 0.25) is 0 Å². The van der Waals surface area contributed by atoms with E-state index < -0.39 is 0 Å². The fraction of sp³-hybridized carbons (Fsp3) is 0.348. The van der Waals surface area contributed by atoms with Crippen LogP contribution in [-0.4, -0.2) is 33.4 Å². The molecule has 1 aromatic heterocycles. The molecule has 2 heterocycles. The number of ether oxygens (including phenoxy) is 2. The Morgan fingerprint density at radius 2 is 2.06 bits per heavy atom. The number of carbonyl (C=O) groups is 1. The monoisotopic (exact) mass is 439 g/mol. The third-order valence-corrected chi connectivity index (χ3v) is 6.22. The summed E-state index contributed by atoms with van der Waals surface area (Å²) >= 11 is 1.55. The molecule has 2 aromatic carbocycles. The van der Waals surface area contributed by atoms with E-state index >= 15 is 0 Å².